The molecule has 1 unspecified atom stereocenters. The second kappa shape index (κ2) is 11.6. The predicted octanol–water partition coefficient (Wildman–Crippen LogP) is 7.03. The fourth-order valence-corrected chi connectivity index (χ4v) is 3.39. The van der Waals surface area contributed by atoms with Gasteiger partial charge in [-0.25, -0.2) is 0 Å². The van der Waals surface area contributed by atoms with Crippen LogP contribution in [0.25, 0.3) is 0 Å². The highest BCUT2D eigenvalue weighted by Gasteiger charge is 2.30. The zero-order valence-electron chi connectivity index (χ0n) is 17.3. The Morgan fingerprint density at radius 1 is 0.815 bits per heavy atom. The Hall–Kier alpha value is -2.04. The van der Waals surface area contributed by atoms with Crippen molar-refractivity contribution in [3.63, 3.8) is 0 Å². The lowest BCUT2D eigenvalue weighted by Crippen LogP contribution is -2.28. The molecule has 0 amide bonds. The molecule has 0 spiro atoms. The van der Waals surface area contributed by atoms with Gasteiger partial charge in [0.15, 0.2) is 5.60 Å². The molecule has 1 atom stereocenters. The van der Waals surface area contributed by atoms with Crippen molar-refractivity contribution in [3.05, 3.63) is 71.3 Å². The van der Waals surface area contributed by atoms with Crippen LogP contribution < -0.4 is 0 Å². The molecule has 1 heteroatoms. The van der Waals surface area contributed by atoms with E-state index in [1.807, 2.05) is 18.2 Å². The number of ether oxygens (including phenoxy) is 1. The third kappa shape index (κ3) is 6.89. The minimum Gasteiger partial charge on any atom is -0.358 e. The first-order chi connectivity index (χ1) is 13.2. The molecule has 1 nitrogen and oxygen atoms in total. The van der Waals surface area contributed by atoms with Crippen molar-refractivity contribution in [3.8, 4) is 11.8 Å². The van der Waals surface area contributed by atoms with Crippen molar-refractivity contribution in [1.82, 2.24) is 0 Å². The smallest absolute Gasteiger partial charge is 0.154 e. The molecule has 2 aromatic rings. The summed E-state index contributed by atoms with van der Waals surface area (Å²) in [5.41, 5.74) is 2.95. The van der Waals surface area contributed by atoms with Gasteiger partial charge in [0.2, 0.25) is 0 Å². The monoisotopic (exact) mass is 362 g/mol. The second-order valence-electron chi connectivity index (χ2n) is 7.26. The van der Waals surface area contributed by atoms with Gasteiger partial charge in [0, 0.05) is 12.2 Å². The number of hydrogen-bond acceptors (Lipinski definition) is 1. The van der Waals surface area contributed by atoms with E-state index in [4.69, 9.17) is 4.74 Å². The molecule has 0 aromatic heterocycles. The number of unbranched alkanes of at least 4 members (excludes halogenated alkanes) is 5. The van der Waals surface area contributed by atoms with Gasteiger partial charge in [0.05, 0.1) is 0 Å². The average Bonchev–Trinajstić information content (AvgIpc) is 2.70. The van der Waals surface area contributed by atoms with Crippen molar-refractivity contribution in [2.45, 2.75) is 71.3 Å². The van der Waals surface area contributed by atoms with E-state index in [0.29, 0.717) is 6.61 Å². The maximum absolute atomic E-state index is 6.33. The average molecular weight is 363 g/mol. The summed E-state index contributed by atoms with van der Waals surface area (Å²) >= 11 is 0. The molecule has 0 N–H and O–H groups in total. The van der Waals surface area contributed by atoms with Crippen LogP contribution in [0.4, 0.5) is 0 Å². The van der Waals surface area contributed by atoms with Crippen LogP contribution in [0.5, 0.6) is 0 Å². The Balaban J connectivity index is 2.24. The fraction of sp³-hybridized carbons (Fsp3) is 0.462. The molecule has 0 fully saturated rings. The summed E-state index contributed by atoms with van der Waals surface area (Å²) in [6.07, 6.45) is 8.58. The quantitative estimate of drug-likeness (QED) is 0.326. The largest absolute Gasteiger partial charge is 0.358 e. The summed E-state index contributed by atoms with van der Waals surface area (Å²) in [5, 5.41) is 0. The first-order valence-electron chi connectivity index (χ1n) is 10.5. The van der Waals surface area contributed by atoms with Crippen LogP contribution in [0.1, 0.15) is 75.5 Å². The lowest BCUT2D eigenvalue weighted by molar-refractivity contribution is -0.00505. The van der Waals surface area contributed by atoms with Crippen LogP contribution in [-0.2, 0) is 10.3 Å². The Morgan fingerprint density at radius 3 is 2.15 bits per heavy atom. The van der Waals surface area contributed by atoms with Crippen molar-refractivity contribution < 1.29 is 4.74 Å². The molecule has 27 heavy (non-hydrogen) atoms. The van der Waals surface area contributed by atoms with Crippen LogP contribution in [0, 0.1) is 18.8 Å². The van der Waals surface area contributed by atoms with Crippen LogP contribution in [-0.4, -0.2) is 6.61 Å². The molecular weight excluding hydrogens is 328 g/mol. The molecule has 144 valence electrons. The van der Waals surface area contributed by atoms with Gasteiger partial charge < -0.3 is 4.74 Å². The standard InChI is InChI=1S/C26H34O/c1-4-6-7-8-9-13-21-26(27-5-2,25-18-16-23(3)17-19-25)22-20-24-14-11-10-12-15-24/h10-12,14-19H,4-9,13,21H2,1-3H3. The first kappa shape index (κ1) is 21.3. The van der Waals surface area contributed by atoms with Crippen molar-refractivity contribution in [2.75, 3.05) is 6.61 Å². The zero-order valence-corrected chi connectivity index (χ0v) is 17.3. The number of aryl methyl sites for hydroxylation is 1. The van der Waals surface area contributed by atoms with Crippen molar-refractivity contribution in [1.29, 1.82) is 0 Å². The number of hydrogen-bond donors (Lipinski definition) is 0. The van der Waals surface area contributed by atoms with Gasteiger partial charge >= 0.3 is 0 Å². The number of benzene rings is 2. The molecule has 2 aromatic carbocycles. The van der Waals surface area contributed by atoms with Crippen LogP contribution in [0.2, 0.25) is 0 Å². The van der Waals surface area contributed by atoms with Crippen molar-refractivity contribution >= 4 is 0 Å². The first-order valence-corrected chi connectivity index (χ1v) is 10.5. The van der Waals surface area contributed by atoms with Gasteiger partial charge in [-0.3, -0.25) is 0 Å². The summed E-state index contributed by atoms with van der Waals surface area (Å²) < 4.78 is 6.33. The van der Waals surface area contributed by atoms with E-state index in [1.54, 1.807) is 0 Å². The van der Waals surface area contributed by atoms with Gasteiger partial charge in [0.1, 0.15) is 0 Å². The van der Waals surface area contributed by atoms with E-state index >= 15 is 0 Å². The highest BCUT2D eigenvalue weighted by molar-refractivity contribution is 5.40. The van der Waals surface area contributed by atoms with Gasteiger partial charge in [-0.05, 0) is 44.4 Å². The van der Waals surface area contributed by atoms with E-state index in [-0.39, 0.29) is 0 Å². The molecule has 0 aliphatic carbocycles. The highest BCUT2D eigenvalue weighted by Crippen LogP contribution is 2.32. The van der Waals surface area contributed by atoms with Gasteiger partial charge in [-0.2, -0.15) is 0 Å². The summed E-state index contributed by atoms with van der Waals surface area (Å²) in [6.45, 7) is 7.10. The van der Waals surface area contributed by atoms with Crippen molar-refractivity contribution in [2.24, 2.45) is 0 Å². The van der Waals surface area contributed by atoms with E-state index in [1.165, 1.54) is 43.2 Å². The zero-order chi connectivity index (χ0) is 19.4. The molecule has 0 saturated carbocycles. The fourth-order valence-electron chi connectivity index (χ4n) is 3.39. The maximum Gasteiger partial charge on any atom is 0.154 e. The lowest BCUT2D eigenvalue weighted by Gasteiger charge is -2.29. The van der Waals surface area contributed by atoms with Gasteiger partial charge in [0.25, 0.3) is 0 Å². The lowest BCUT2D eigenvalue weighted by atomic mass is 9.87. The summed E-state index contributed by atoms with van der Waals surface area (Å²) in [7, 11) is 0. The Morgan fingerprint density at radius 2 is 1.48 bits per heavy atom. The Kier molecular flexibility index (Phi) is 9.16. The maximum atomic E-state index is 6.33. The summed E-state index contributed by atoms with van der Waals surface area (Å²) in [5.74, 6) is 6.89. The van der Waals surface area contributed by atoms with E-state index in [9.17, 15) is 0 Å². The summed E-state index contributed by atoms with van der Waals surface area (Å²) in [6, 6.07) is 18.9. The molecule has 0 saturated heterocycles. The van der Waals surface area contributed by atoms with Crippen LogP contribution in [0.3, 0.4) is 0 Å². The second-order valence-corrected chi connectivity index (χ2v) is 7.26. The minimum atomic E-state index is -0.525. The van der Waals surface area contributed by atoms with E-state index in [2.05, 4.69) is 69.0 Å². The number of rotatable bonds is 10. The van der Waals surface area contributed by atoms with Crippen LogP contribution >= 0.6 is 0 Å². The molecule has 2 rings (SSSR count). The molecule has 0 bridgehead atoms. The molecule has 0 radical (unpaired) electrons. The van der Waals surface area contributed by atoms with Crippen LogP contribution in [0.15, 0.2) is 54.6 Å². The third-order valence-corrected chi connectivity index (χ3v) is 4.97. The topological polar surface area (TPSA) is 9.23 Å². The van der Waals surface area contributed by atoms with Gasteiger partial charge in [-0.1, -0.05) is 98.9 Å². The summed E-state index contributed by atoms with van der Waals surface area (Å²) in [4.78, 5) is 0. The highest BCUT2D eigenvalue weighted by atomic mass is 16.5. The van der Waals surface area contributed by atoms with E-state index in [0.717, 1.165) is 18.4 Å². The Labute approximate surface area is 166 Å². The molecular formula is C26H34O. The molecule has 0 aliphatic heterocycles. The molecule has 0 aliphatic rings. The predicted molar refractivity (Wildman–Crippen MR) is 116 cm³/mol. The minimum absolute atomic E-state index is 0.525. The SMILES string of the molecule is CCCCCCCCC(C#Cc1ccccc1)(OCC)c1ccc(C)cc1. The molecule has 0 heterocycles. The normalized spacial score (nSPS) is 12.9. The third-order valence-electron chi connectivity index (χ3n) is 4.97. The van der Waals surface area contributed by atoms with Gasteiger partial charge in [-0.15, -0.1) is 0 Å². The van der Waals surface area contributed by atoms with E-state index < -0.39 is 5.60 Å². The Bertz CT molecular complexity index is 705.